The third-order valence-electron chi connectivity index (χ3n) is 3.53. The van der Waals surface area contributed by atoms with Gasteiger partial charge >= 0.3 is 6.18 Å². The number of hydrogen-bond acceptors (Lipinski definition) is 5. The predicted molar refractivity (Wildman–Crippen MR) is 104 cm³/mol. The normalized spacial score (nSPS) is 13.0. The minimum absolute atomic E-state index is 0.0276. The standard InChI is InChI=1S/C16H17ClF3IN4O/c1-8(2)12(7-26)23-15-24-13(16(18,19)20)6-14(25-15)22-11-4-3-9(21)5-10(11)17/h3-6,8,12,26H,7H2,1-2H3,(H2,22,23,24,25)/t12-/m0/s1. The molecule has 0 aliphatic rings. The first kappa shape index (κ1) is 21.0. The lowest BCUT2D eigenvalue weighted by atomic mass is 10.1. The summed E-state index contributed by atoms with van der Waals surface area (Å²) in [4.78, 5) is 7.59. The largest absolute Gasteiger partial charge is 0.433 e. The highest BCUT2D eigenvalue weighted by Gasteiger charge is 2.34. The summed E-state index contributed by atoms with van der Waals surface area (Å²) in [7, 11) is 0. The van der Waals surface area contributed by atoms with Gasteiger partial charge in [0.1, 0.15) is 5.82 Å². The quantitative estimate of drug-likeness (QED) is 0.491. The molecule has 0 radical (unpaired) electrons. The maximum atomic E-state index is 13.2. The number of nitrogens with zero attached hydrogens (tertiary/aromatic N) is 2. The summed E-state index contributed by atoms with van der Waals surface area (Å²) < 4.78 is 40.4. The molecule has 3 N–H and O–H groups in total. The summed E-state index contributed by atoms with van der Waals surface area (Å²) in [5, 5.41) is 15.3. The van der Waals surface area contributed by atoms with Crippen LogP contribution in [0.4, 0.5) is 30.6 Å². The number of aliphatic hydroxyl groups excluding tert-OH is 1. The van der Waals surface area contributed by atoms with E-state index in [1.807, 2.05) is 13.8 Å². The highest BCUT2D eigenvalue weighted by Crippen LogP contribution is 2.32. The molecule has 0 amide bonds. The number of rotatable bonds is 6. The van der Waals surface area contributed by atoms with Gasteiger partial charge in [0.15, 0.2) is 5.69 Å². The van der Waals surface area contributed by atoms with Crippen molar-refractivity contribution in [2.24, 2.45) is 5.92 Å². The van der Waals surface area contributed by atoms with Crippen LogP contribution in [0.25, 0.3) is 0 Å². The average molecular weight is 501 g/mol. The Morgan fingerprint density at radius 3 is 2.46 bits per heavy atom. The topological polar surface area (TPSA) is 70.1 Å². The number of alkyl halides is 3. The van der Waals surface area contributed by atoms with Crippen LogP contribution < -0.4 is 10.6 Å². The summed E-state index contributed by atoms with van der Waals surface area (Å²) in [6, 6.07) is 5.42. The van der Waals surface area contributed by atoms with Gasteiger partial charge in [-0.2, -0.15) is 18.2 Å². The van der Waals surface area contributed by atoms with Gasteiger partial charge in [0.25, 0.3) is 0 Å². The fourth-order valence-electron chi connectivity index (χ4n) is 2.04. The molecule has 2 aromatic rings. The Morgan fingerprint density at radius 1 is 1.23 bits per heavy atom. The van der Waals surface area contributed by atoms with Crippen molar-refractivity contribution in [3.63, 3.8) is 0 Å². The summed E-state index contributed by atoms with van der Waals surface area (Å²) in [6.45, 7) is 3.39. The molecule has 0 fully saturated rings. The summed E-state index contributed by atoms with van der Waals surface area (Å²) in [5.74, 6) is -0.310. The Labute approximate surface area is 167 Å². The fraction of sp³-hybridized carbons (Fsp3) is 0.375. The highest BCUT2D eigenvalue weighted by molar-refractivity contribution is 14.1. The van der Waals surface area contributed by atoms with Gasteiger partial charge in [-0.3, -0.25) is 0 Å². The molecular formula is C16H17ClF3IN4O. The van der Waals surface area contributed by atoms with Crippen LogP contribution in [0.2, 0.25) is 5.02 Å². The van der Waals surface area contributed by atoms with E-state index in [0.717, 1.165) is 9.64 Å². The van der Waals surface area contributed by atoms with E-state index in [1.54, 1.807) is 18.2 Å². The number of halogens is 5. The van der Waals surface area contributed by atoms with Crippen molar-refractivity contribution >= 4 is 51.6 Å². The molecule has 1 heterocycles. The molecule has 1 aromatic heterocycles. The van der Waals surface area contributed by atoms with E-state index in [0.29, 0.717) is 10.7 Å². The number of nitrogens with one attached hydrogen (secondary N) is 2. The lowest BCUT2D eigenvalue weighted by Gasteiger charge is -2.21. The first-order valence-corrected chi connectivity index (χ1v) is 9.11. The second kappa shape index (κ2) is 8.57. The van der Waals surface area contributed by atoms with Crippen LogP contribution in [0.3, 0.4) is 0 Å². The number of anilines is 3. The van der Waals surface area contributed by atoms with E-state index in [1.165, 1.54) is 0 Å². The number of hydrogen-bond donors (Lipinski definition) is 3. The average Bonchev–Trinajstić information content (AvgIpc) is 2.54. The molecule has 1 atom stereocenters. The van der Waals surface area contributed by atoms with Crippen LogP contribution >= 0.6 is 34.2 Å². The van der Waals surface area contributed by atoms with Gasteiger partial charge in [0.05, 0.1) is 23.4 Å². The molecule has 0 spiro atoms. The Morgan fingerprint density at radius 2 is 1.92 bits per heavy atom. The third kappa shape index (κ3) is 5.58. The Kier molecular flexibility index (Phi) is 6.92. The summed E-state index contributed by atoms with van der Waals surface area (Å²) >= 11 is 8.19. The van der Waals surface area contributed by atoms with Crippen molar-refractivity contribution in [1.82, 2.24) is 9.97 Å². The molecule has 0 saturated heterocycles. The maximum Gasteiger partial charge on any atom is 0.433 e. The van der Waals surface area contributed by atoms with E-state index >= 15 is 0 Å². The first-order valence-electron chi connectivity index (χ1n) is 7.66. The Balaban J connectivity index is 2.39. The molecule has 10 heteroatoms. The van der Waals surface area contributed by atoms with Gasteiger partial charge in [-0.25, -0.2) is 4.98 Å². The molecule has 0 unspecified atom stereocenters. The van der Waals surface area contributed by atoms with Crippen molar-refractivity contribution in [3.05, 3.63) is 38.6 Å². The highest BCUT2D eigenvalue weighted by atomic mass is 127. The summed E-state index contributed by atoms with van der Waals surface area (Å²) in [5.41, 5.74) is -0.674. The van der Waals surface area contributed by atoms with E-state index < -0.39 is 17.9 Å². The third-order valence-corrected chi connectivity index (χ3v) is 4.51. The monoisotopic (exact) mass is 500 g/mol. The molecule has 0 aliphatic heterocycles. The van der Waals surface area contributed by atoms with Gasteiger partial charge in [0.2, 0.25) is 5.95 Å². The van der Waals surface area contributed by atoms with Gasteiger partial charge < -0.3 is 15.7 Å². The number of benzene rings is 1. The number of aromatic nitrogens is 2. The van der Waals surface area contributed by atoms with E-state index in [9.17, 15) is 18.3 Å². The zero-order chi connectivity index (χ0) is 19.5. The lowest BCUT2D eigenvalue weighted by Crippen LogP contribution is -2.30. The SMILES string of the molecule is CC(C)[C@H](CO)Nc1nc(Nc2ccc(I)cc2Cl)cc(C(F)(F)F)n1. The second-order valence-corrected chi connectivity index (χ2v) is 7.54. The minimum atomic E-state index is -4.64. The Bertz CT molecular complexity index is 774. The van der Waals surface area contributed by atoms with Crippen LogP contribution in [0.1, 0.15) is 19.5 Å². The zero-order valence-electron chi connectivity index (χ0n) is 13.9. The maximum absolute atomic E-state index is 13.2. The smallest absolute Gasteiger partial charge is 0.394 e. The van der Waals surface area contributed by atoms with Crippen molar-refractivity contribution in [2.75, 3.05) is 17.2 Å². The summed E-state index contributed by atoms with van der Waals surface area (Å²) in [6.07, 6.45) is -4.64. The Hall–Kier alpha value is -1.33. The van der Waals surface area contributed by atoms with Crippen LogP contribution in [-0.2, 0) is 6.18 Å². The van der Waals surface area contributed by atoms with Crippen molar-refractivity contribution in [3.8, 4) is 0 Å². The number of aliphatic hydroxyl groups is 1. The molecule has 1 aromatic carbocycles. The van der Waals surface area contributed by atoms with E-state index in [-0.39, 0.29) is 24.3 Å². The van der Waals surface area contributed by atoms with Gasteiger partial charge in [-0.1, -0.05) is 25.4 Å². The molecule has 0 bridgehead atoms. The predicted octanol–water partition coefficient (Wildman–Crippen LogP) is 4.93. The molecule has 2 rings (SSSR count). The van der Waals surface area contributed by atoms with E-state index in [4.69, 9.17) is 11.6 Å². The van der Waals surface area contributed by atoms with Crippen LogP contribution in [0.15, 0.2) is 24.3 Å². The second-order valence-electron chi connectivity index (χ2n) is 5.89. The van der Waals surface area contributed by atoms with Crippen molar-refractivity contribution in [2.45, 2.75) is 26.1 Å². The molecule has 142 valence electrons. The van der Waals surface area contributed by atoms with Gasteiger partial charge in [-0.15, -0.1) is 0 Å². The van der Waals surface area contributed by atoms with Crippen LogP contribution in [0, 0.1) is 9.49 Å². The van der Waals surface area contributed by atoms with Crippen molar-refractivity contribution in [1.29, 1.82) is 0 Å². The van der Waals surface area contributed by atoms with Gasteiger partial charge in [0, 0.05) is 9.64 Å². The molecular weight excluding hydrogens is 484 g/mol. The molecule has 26 heavy (non-hydrogen) atoms. The molecule has 0 saturated carbocycles. The minimum Gasteiger partial charge on any atom is -0.394 e. The van der Waals surface area contributed by atoms with Crippen LogP contribution in [-0.4, -0.2) is 27.7 Å². The van der Waals surface area contributed by atoms with Crippen LogP contribution in [0.5, 0.6) is 0 Å². The van der Waals surface area contributed by atoms with Crippen molar-refractivity contribution < 1.29 is 18.3 Å². The van der Waals surface area contributed by atoms with E-state index in [2.05, 4.69) is 43.2 Å². The zero-order valence-corrected chi connectivity index (χ0v) is 16.8. The van der Waals surface area contributed by atoms with Gasteiger partial charge in [-0.05, 0) is 46.7 Å². The molecule has 0 aliphatic carbocycles. The molecule has 5 nitrogen and oxygen atoms in total. The first-order chi connectivity index (χ1) is 12.1. The fourth-order valence-corrected chi connectivity index (χ4v) is 2.94. The lowest BCUT2D eigenvalue weighted by molar-refractivity contribution is -0.141.